The summed E-state index contributed by atoms with van der Waals surface area (Å²) >= 11 is 5.76. The summed E-state index contributed by atoms with van der Waals surface area (Å²) in [5.74, 6) is -2.49. The Kier molecular flexibility index (Phi) is 2.28. The van der Waals surface area contributed by atoms with Gasteiger partial charge in [-0.15, -0.1) is 11.6 Å². The molecular formula is C7H9ClO4. The molecule has 4 nitrogen and oxygen atoms in total. The van der Waals surface area contributed by atoms with Crippen molar-refractivity contribution in [2.45, 2.75) is 17.7 Å². The van der Waals surface area contributed by atoms with E-state index in [1.54, 1.807) is 0 Å². The van der Waals surface area contributed by atoms with Gasteiger partial charge in [0.1, 0.15) is 0 Å². The second-order valence-corrected chi connectivity index (χ2v) is 3.46. The molecule has 1 N–H and O–H groups in total. The van der Waals surface area contributed by atoms with Crippen molar-refractivity contribution >= 4 is 23.5 Å². The van der Waals surface area contributed by atoms with Gasteiger partial charge in [0.25, 0.3) is 0 Å². The van der Waals surface area contributed by atoms with Crippen LogP contribution < -0.4 is 0 Å². The van der Waals surface area contributed by atoms with Crippen LogP contribution in [0.1, 0.15) is 12.8 Å². The molecule has 2 atom stereocenters. The Balaban J connectivity index is 2.73. The molecule has 0 aromatic rings. The number of carbonyl (C=O) groups is 2. The van der Waals surface area contributed by atoms with Crippen LogP contribution in [-0.2, 0) is 14.3 Å². The summed E-state index contributed by atoms with van der Waals surface area (Å²) < 4.78 is 4.40. The summed E-state index contributed by atoms with van der Waals surface area (Å²) in [6.07, 6.45) is 0.812. The highest BCUT2D eigenvalue weighted by molar-refractivity contribution is 6.36. The van der Waals surface area contributed by atoms with Crippen molar-refractivity contribution in [1.82, 2.24) is 0 Å². The minimum absolute atomic E-state index is 0.373. The summed E-state index contributed by atoms with van der Waals surface area (Å²) in [6.45, 7) is 0. The first-order valence-electron chi connectivity index (χ1n) is 3.52. The molecule has 1 saturated carbocycles. The molecule has 0 aromatic carbocycles. The number of hydrogen-bond donors (Lipinski definition) is 1. The van der Waals surface area contributed by atoms with E-state index in [-0.39, 0.29) is 0 Å². The van der Waals surface area contributed by atoms with Crippen molar-refractivity contribution in [3.05, 3.63) is 0 Å². The Morgan fingerprint density at radius 1 is 1.67 bits per heavy atom. The van der Waals surface area contributed by atoms with Crippen molar-refractivity contribution in [2.24, 2.45) is 5.92 Å². The zero-order valence-corrected chi connectivity index (χ0v) is 7.30. The molecule has 68 valence electrons. The molecule has 5 heteroatoms. The number of alkyl halides is 1. The highest BCUT2D eigenvalue weighted by Crippen LogP contribution is 2.45. The SMILES string of the molecule is COC(=O)C1(Cl)CCC1C(=O)O. The molecule has 1 aliphatic rings. The minimum atomic E-state index is -1.32. The van der Waals surface area contributed by atoms with E-state index in [2.05, 4.69) is 4.74 Å². The maximum atomic E-state index is 11.0. The lowest BCUT2D eigenvalue weighted by Crippen LogP contribution is -2.52. The normalized spacial score (nSPS) is 33.7. The molecular weight excluding hydrogens is 184 g/mol. The van der Waals surface area contributed by atoms with Gasteiger partial charge < -0.3 is 9.84 Å². The Morgan fingerprint density at radius 3 is 2.50 bits per heavy atom. The Morgan fingerprint density at radius 2 is 2.25 bits per heavy atom. The number of carbonyl (C=O) groups excluding carboxylic acids is 1. The predicted molar refractivity (Wildman–Crippen MR) is 41.0 cm³/mol. The van der Waals surface area contributed by atoms with Crippen LogP contribution >= 0.6 is 11.6 Å². The van der Waals surface area contributed by atoms with Gasteiger partial charge in [-0.2, -0.15) is 0 Å². The topological polar surface area (TPSA) is 63.6 Å². The number of hydrogen-bond acceptors (Lipinski definition) is 3. The average Bonchev–Trinajstić information content (AvgIpc) is 1.98. The van der Waals surface area contributed by atoms with E-state index in [9.17, 15) is 9.59 Å². The van der Waals surface area contributed by atoms with Gasteiger partial charge in [-0.3, -0.25) is 9.59 Å². The number of carboxylic acids is 1. The van der Waals surface area contributed by atoms with Gasteiger partial charge in [-0.05, 0) is 12.8 Å². The number of ether oxygens (including phenoxy) is 1. The average molecular weight is 193 g/mol. The van der Waals surface area contributed by atoms with E-state index in [1.165, 1.54) is 7.11 Å². The molecule has 1 fully saturated rings. The molecule has 12 heavy (non-hydrogen) atoms. The molecule has 0 bridgehead atoms. The standard InChI is InChI=1S/C7H9ClO4/c1-12-6(11)7(8)3-2-4(7)5(9)10/h4H,2-3H2,1H3,(H,9,10). The third-order valence-electron chi connectivity index (χ3n) is 2.17. The monoisotopic (exact) mass is 192 g/mol. The third kappa shape index (κ3) is 1.16. The lowest BCUT2D eigenvalue weighted by molar-refractivity contribution is -0.159. The molecule has 0 aliphatic heterocycles. The second kappa shape index (κ2) is 2.94. The van der Waals surface area contributed by atoms with Crippen LogP contribution in [0, 0.1) is 5.92 Å². The van der Waals surface area contributed by atoms with Gasteiger partial charge in [0.05, 0.1) is 13.0 Å². The van der Waals surface area contributed by atoms with Crippen molar-refractivity contribution in [1.29, 1.82) is 0 Å². The van der Waals surface area contributed by atoms with E-state index in [1.807, 2.05) is 0 Å². The summed E-state index contributed by atoms with van der Waals surface area (Å²) in [5, 5.41) is 8.62. The summed E-state index contributed by atoms with van der Waals surface area (Å²) in [4.78, 5) is 20.2. The molecule has 0 heterocycles. The quantitative estimate of drug-likeness (QED) is 0.515. The van der Waals surface area contributed by atoms with Crippen molar-refractivity contribution in [3.8, 4) is 0 Å². The van der Waals surface area contributed by atoms with Crippen LogP contribution in [0.4, 0.5) is 0 Å². The first kappa shape index (κ1) is 9.32. The van der Waals surface area contributed by atoms with Gasteiger partial charge in [0.2, 0.25) is 0 Å². The molecule has 2 unspecified atom stereocenters. The van der Waals surface area contributed by atoms with Crippen molar-refractivity contribution in [3.63, 3.8) is 0 Å². The van der Waals surface area contributed by atoms with Gasteiger partial charge >= 0.3 is 11.9 Å². The number of halogens is 1. The number of rotatable bonds is 2. The van der Waals surface area contributed by atoms with Crippen LogP contribution in [0.3, 0.4) is 0 Å². The zero-order chi connectivity index (χ0) is 9.35. The molecule has 0 aromatic heterocycles. The van der Waals surface area contributed by atoms with E-state index >= 15 is 0 Å². The molecule has 0 spiro atoms. The second-order valence-electron chi connectivity index (χ2n) is 2.78. The van der Waals surface area contributed by atoms with E-state index < -0.39 is 22.7 Å². The Hall–Kier alpha value is -0.770. The lowest BCUT2D eigenvalue weighted by atomic mass is 9.73. The van der Waals surface area contributed by atoms with Gasteiger partial charge in [0.15, 0.2) is 4.87 Å². The maximum Gasteiger partial charge on any atom is 0.327 e. The number of aliphatic carboxylic acids is 1. The fourth-order valence-corrected chi connectivity index (χ4v) is 1.66. The van der Waals surface area contributed by atoms with Crippen LogP contribution in [0.2, 0.25) is 0 Å². The van der Waals surface area contributed by atoms with Crippen LogP contribution in [0.5, 0.6) is 0 Å². The largest absolute Gasteiger partial charge is 0.481 e. The first-order chi connectivity index (χ1) is 5.52. The predicted octanol–water partition coefficient (Wildman–Crippen LogP) is 0.632. The third-order valence-corrected chi connectivity index (χ3v) is 2.78. The van der Waals surface area contributed by atoms with E-state index in [4.69, 9.17) is 16.7 Å². The van der Waals surface area contributed by atoms with Crippen LogP contribution in [-0.4, -0.2) is 29.0 Å². The first-order valence-corrected chi connectivity index (χ1v) is 3.90. The van der Waals surface area contributed by atoms with E-state index in [0.29, 0.717) is 12.8 Å². The lowest BCUT2D eigenvalue weighted by Gasteiger charge is -2.38. The fraction of sp³-hybridized carbons (Fsp3) is 0.714. The van der Waals surface area contributed by atoms with Crippen LogP contribution in [0.25, 0.3) is 0 Å². The Bertz CT molecular complexity index is 227. The fourth-order valence-electron chi connectivity index (χ4n) is 1.28. The molecule has 0 amide bonds. The number of esters is 1. The minimum Gasteiger partial charge on any atom is -0.481 e. The summed E-state index contributed by atoms with van der Waals surface area (Å²) in [7, 11) is 1.20. The smallest absolute Gasteiger partial charge is 0.327 e. The van der Waals surface area contributed by atoms with E-state index in [0.717, 1.165) is 0 Å². The molecule has 0 radical (unpaired) electrons. The maximum absolute atomic E-state index is 11.0. The molecule has 1 rings (SSSR count). The summed E-state index contributed by atoms with van der Waals surface area (Å²) in [5.41, 5.74) is 0. The summed E-state index contributed by atoms with van der Waals surface area (Å²) in [6, 6.07) is 0. The highest BCUT2D eigenvalue weighted by Gasteiger charge is 2.56. The van der Waals surface area contributed by atoms with Gasteiger partial charge in [0, 0.05) is 0 Å². The number of carboxylic acid groups (broad SMARTS) is 1. The van der Waals surface area contributed by atoms with Crippen molar-refractivity contribution in [2.75, 3.05) is 7.11 Å². The molecule has 0 saturated heterocycles. The Labute approximate surface area is 74.5 Å². The zero-order valence-electron chi connectivity index (χ0n) is 6.54. The molecule has 1 aliphatic carbocycles. The highest BCUT2D eigenvalue weighted by atomic mass is 35.5. The van der Waals surface area contributed by atoms with Gasteiger partial charge in [-0.25, -0.2) is 0 Å². The number of methoxy groups -OCH3 is 1. The van der Waals surface area contributed by atoms with Gasteiger partial charge in [-0.1, -0.05) is 0 Å². The van der Waals surface area contributed by atoms with Crippen LogP contribution in [0.15, 0.2) is 0 Å². The van der Waals surface area contributed by atoms with Crippen molar-refractivity contribution < 1.29 is 19.4 Å².